The fourth-order valence-electron chi connectivity index (χ4n) is 5.41. The van der Waals surface area contributed by atoms with E-state index in [0.717, 1.165) is 55.2 Å². The first-order valence-electron chi connectivity index (χ1n) is 13.6. The summed E-state index contributed by atoms with van der Waals surface area (Å²) in [4.78, 5) is 40.1. The van der Waals surface area contributed by atoms with Gasteiger partial charge in [-0.05, 0) is 50.5 Å². The molecule has 2 aromatic heterocycles. The van der Waals surface area contributed by atoms with Gasteiger partial charge in [0.15, 0.2) is 5.01 Å². The molecule has 4 aliphatic rings. The number of ether oxygens (including phenoxy) is 2. The summed E-state index contributed by atoms with van der Waals surface area (Å²) in [5, 5.41) is 5.03. The molecule has 6 rings (SSSR count). The normalized spacial score (nSPS) is 20.7. The van der Waals surface area contributed by atoms with Crippen LogP contribution in [0.2, 0.25) is 0 Å². The number of sulfonamides is 1. The molecule has 2 saturated heterocycles. The zero-order chi connectivity index (χ0) is 27.1. The molecule has 2 aromatic rings. The van der Waals surface area contributed by atoms with Gasteiger partial charge in [-0.3, -0.25) is 9.59 Å². The topological polar surface area (TPSA) is 145 Å². The van der Waals surface area contributed by atoms with E-state index in [0.29, 0.717) is 73.9 Å². The van der Waals surface area contributed by atoms with Crippen LogP contribution in [0.4, 0.5) is 0 Å². The van der Waals surface area contributed by atoms with E-state index in [2.05, 4.69) is 4.98 Å². The van der Waals surface area contributed by atoms with Gasteiger partial charge in [-0.25, -0.2) is 23.5 Å². The van der Waals surface area contributed by atoms with Gasteiger partial charge in [-0.2, -0.15) is 0 Å². The number of nitrogens with two attached hydrogens (primary N) is 1. The van der Waals surface area contributed by atoms with Crippen LogP contribution in [0, 0.1) is 5.92 Å². The first-order valence-corrected chi connectivity index (χ1v) is 16.0. The van der Waals surface area contributed by atoms with Gasteiger partial charge in [-0.15, -0.1) is 11.3 Å². The monoisotopic (exact) mass is 575 g/mol. The predicted octanol–water partition coefficient (Wildman–Crippen LogP) is 2.27. The van der Waals surface area contributed by atoms with E-state index in [4.69, 9.17) is 19.6 Å². The van der Waals surface area contributed by atoms with Gasteiger partial charge in [0.1, 0.15) is 0 Å². The van der Waals surface area contributed by atoms with Gasteiger partial charge in [0.2, 0.25) is 15.9 Å². The molecule has 210 valence electrons. The number of carbonyl (C=O) groups is 2. The first-order chi connectivity index (χ1) is 18.7. The molecule has 1 saturated carbocycles. The summed E-state index contributed by atoms with van der Waals surface area (Å²) < 4.78 is 34.7. The fraction of sp³-hybridized carbons (Fsp3) is 0.615. The molecule has 0 bridgehead atoms. The van der Waals surface area contributed by atoms with Gasteiger partial charge in [0.05, 0.1) is 30.6 Å². The highest BCUT2D eigenvalue weighted by Gasteiger charge is 2.34. The van der Waals surface area contributed by atoms with Crippen molar-refractivity contribution < 1.29 is 27.5 Å². The summed E-state index contributed by atoms with van der Waals surface area (Å²) in [5.41, 5.74) is 2.22. The van der Waals surface area contributed by atoms with Crippen LogP contribution in [-0.2, 0) is 27.8 Å². The lowest BCUT2D eigenvalue weighted by Crippen LogP contribution is -2.44. The van der Waals surface area contributed by atoms with Crippen molar-refractivity contribution in [2.75, 3.05) is 32.9 Å². The Morgan fingerprint density at radius 1 is 1.00 bits per heavy atom. The van der Waals surface area contributed by atoms with Gasteiger partial charge in [0, 0.05) is 54.4 Å². The number of rotatable bonds is 7. The molecule has 39 heavy (non-hydrogen) atoms. The maximum absolute atomic E-state index is 13.5. The molecular formula is C26H33N5O6S2. The highest BCUT2D eigenvalue weighted by Crippen LogP contribution is 2.40. The maximum atomic E-state index is 13.5. The number of thiazole rings is 1. The Bertz CT molecular complexity index is 1340. The summed E-state index contributed by atoms with van der Waals surface area (Å²) in [7, 11) is -3.59. The second-order valence-electron chi connectivity index (χ2n) is 10.9. The van der Waals surface area contributed by atoms with Crippen molar-refractivity contribution in [1.29, 1.82) is 0 Å². The van der Waals surface area contributed by atoms with Crippen LogP contribution in [0.15, 0.2) is 12.1 Å². The van der Waals surface area contributed by atoms with Crippen molar-refractivity contribution in [3.05, 3.63) is 39.0 Å². The lowest BCUT2D eigenvalue weighted by atomic mass is 10.0. The van der Waals surface area contributed by atoms with Gasteiger partial charge in [0.25, 0.3) is 11.8 Å². The Labute approximate surface area is 231 Å². The van der Waals surface area contributed by atoms with Crippen LogP contribution in [0.3, 0.4) is 0 Å². The van der Waals surface area contributed by atoms with E-state index in [9.17, 15) is 18.0 Å². The minimum atomic E-state index is -3.59. The molecule has 3 aliphatic heterocycles. The lowest BCUT2D eigenvalue weighted by molar-refractivity contribution is 0.0490. The zero-order valence-electron chi connectivity index (χ0n) is 21.7. The highest BCUT2D eigenvalue weighted by atomic mass is 32.2. The number of pyridine rings is 1. The first kappa shape index (κ1) is 26.6. The second kappa shape index (κ2) is 10.8. The van der Waals surface area contributed by atoms with Crippen LogP contribution < -0.4 is 9.88 Å². The van der Waals surface area contributed by atoms with Crippen molar-refractivity contribution in [3.63, 3.8) is 0 Å². The Kier molecular flexibility index (Phi) is 7.34. The van der Waals surface area contributed by atoms with E-state index >= 15 is 0 Å². The quantitative estimate of drug-likeness (QED) is 0.529. The summed E-state index contributed by atoms with van der Waals surface area (Å²) in [6.45, 7) is 3.48. The number of nitrogens with zero attached hydrogens (tertiary/aromatic N) is 4. The maximum Gasteiger partial charge on any atom is 0.282 e. The molecule has 0 radical (unpaired) electrons. The number of likely N-dealkylation sites (tertiary alicyclic amines) is 1. The van der Waals surface area contributed by atoms with Gasteiger partial charge in [-0.1, -0.05) is 0 Å². The van der Waals surface area contributed by atoms with E-state index in [-0.39, 0.29) is 11.8 Å². The number of primary sulfonamides is 1. The summed E-state index contributed by atoms with van der Waals surface area (Å²) in [5.74, 6) is 1.02. The van der Waals surface area contributed by atoms with Crippen LogP contribution in [0.1, 0.15) is 80.9 Å². The predicted molar refractivity (Wildman–Crippen MR) is 143 cm³/mol. The number of fused-ring (bicyclic) bond motifs is 1. The number of amides is 2. The molecule has 11 nitrogen and oxygen atoms in total. The number of aromatic nitrogens is 2. The summed E-state index contributed by atoms with van der Waals surface area (Å²) in [6, 6.07) is 3.63. The van der Waals surface area contributed by atoms with Crippen LogP contribution in [0.25, 0.3) is 0 Å². The number of carbonyl (C=O) groups excluding carboxylic acids is 2. The number of piperidine rings is 1. The van der Waals surface area contributed by atoms with E-state index in [1.165, 1.54) is 11.3 Å². The van der Waals surface area contributed by atoms with E-state index in [1.807, 2.05) is 6.07 Å². The number of hydrogen-bond acceptors (Lipinski definition) is 9. The summed E-state index contributed by atoms with van der Waals surface area (Å²) >= 11 is 1.31. The molecule has 2 N–H and O–H groups in total. The molecule has 0 spiro atoms. The van der Waals surface area contributed by atoms with Crippen molar-refractivity contribution in [1.82, 2.24) is 19.8 Å². The fourth-order valence-corrected chi connectivity index (χ4v) is 7.33. The molecule has 13 heteroatoms. The molecule has 0 atom stereocenters. The lowest BCUT2D eigenvalue weighted by Gasteiger charge is -2.30. The molecule has 0 aromatic carbocycles. The Morgan fingerprint density at radius 3 is 2.41 bits per heavy atom. The van der Waals surface area contributed by atoms with Gasteiger partial charge < -0.3 is 19.3 Å². The zero-order valence-corrected chi connectivity index (χ0v) is 23.3. The van der Waals surface area contributed by atoms with Gasteiger partial charge >= 0.3 is 0 Å². The van der Waals surface area contributed by atoms with E-state index in [1.54, 1.807) is 15.9 Å². The van der Waals surface area contributed by atoms with E-state index < -0.39 is 15.3 Å². The van der Waals surface area contributed by atoms with Crippen molar-refractivity contribution >= 4 is 33.2 Å². The average Bonchev–Trinajstić information content (AvgIpc) is 3.61. The SMILES string of the molecule is NS(=O)(=O)C1CCN(C(=O)c2nc3c(s2)CN(C(=O)c2cc(OCC4CCOCC4)nc(C4CC4)c2)C3)CC1. The third-order valence-electron chi connectivity index (χ3n) is 7.99. The van der Waals surface area contributed by atoms with Crippen molar-refractivity contribution in [2.45, 2.75) is 62.8 Å². The molecular weight excluding hydrogens is 542 g/mol. The Balaban J connectivity index is 1.10. The largest absolute Gasteiger partial charge is 0.477 e. The van der Waals surface area contributed by atoms with Crippen LogP contribution in [-0.4, -0.2) is 78.2 Å². The third kappa shape index (κ3) is 5.96. The Morgan fingerprint density at radius 2 is 1.74 bits per heavy atom. The molecule has 0 unspecified atom stereocenters. The van der Waals surface area contributed by atoms with Crippen molar-refractivity contribution in [3.8, 4) is 5.88 Å². The van der Waals surface area contributed by atoms with Crippen LogP contribution in [0.5, 0.6) is 5.88 Å². The highest BCUT2D eigenvalue weighted by molar-refractivity contribution is 7.89. The minimum Gasteiger partial charge on any atom is -0.477 e. The minimum absolute atomic E-state index is 0.0987. The van der Waals surface area contributed by atoms with Crippen molar-refractivity contribution in [2.24, 2.45) is 11.1 Å². The molecule has 2 amide bonds. The second-order valence-corrected chi connectivity index (χ2v) is 13.8. The Hall–Kier alpha value is -2.61. The standard InChI is InChI=1S/C26H33N5O6S2/c27-39(34,35)19-3-7-30(8-4-19)26(33)24-29-21-13-31(14-22(21)38-24)25(32)18-11-20(17-1-2-17)28-23(12-18)37-15-16-5-9-36-10-6-16/h11-12,16-17,19H,1-10,13-15H2,(H2,27,34,35). The smallest absolute Gasteiger partial charge is 0.282 e. The molecule has 3 fully saturated rings. The molecule has 1 aliphatic carbocycles. The summed E-state index contributed by atoms with van der Waals surface area (Å²) in [6.07, 6.45) is 4.74. The van der Waals surface area contributed by atoms with Crippen LogP contribution >= 0.6 is 11.3 Å². The molecule has 5 heterocycles. The third-order valence-corrected chi connectivity index (χ3v) is 10.5. The number of hydrogen-bond donors (Lipinski definition) is 1. The average molecular weight is 576 g/mol.